The summed E-state index contributed by atoms with van der Waals surface area (Å²) in [6.45, 7) is 3.27. The van der Waals surface area contributed by atoms with Gasteiger partial charge in [-0.05, 0) is 37.0 Å². The van der Waals surface area contributed by atoms with Crippen LogP contribution in [0.25, 0.3) is 0 Å². The van der Waals surface area contributed by atoms with Crippen molar-refractivity contribution in [2.75, 3.05) is 39.1 Å². The van der Waals surface area contributed by atoms with Crippen molar-refractivity contribution in [3.8, 4) is 0 Å². The van der Waals surface area contributed by atoms with E-state index in [4.69, 9.17) is 0 Å². The number of rotatable bonds is 7. The first kappa shape index (κ1) is 18.2. The molecular weight excluding hydrogens is 310 g/mol. The maximum Gasteiger partial charge on any atom is 0.282 e. The Bertz CT molecular complexity index is 616. The lowest BCUT2D eigenvalue weighted by Crippen LogP contribution is -2.41. The van der Waals surface area contributed by atoms with Crippen LogP contribution in [0.5, 0.6) is 0 Å². The molecule has 130 valence electrons. The third-order valence-electron chi connectivity index (χ3n) is 4.49. The minimum absolute atomic E-state index is 0.0519. The predicted octanol–water partition coefficient (Wildman–Crippen LogP) is 2.87. The number of hydrogen-bond acceptors (Lipinski definition) is 3. The molecule has 0 spiro atoms. The van der Waals surface area contributed by atoms with Gasteiger partial charge in [0.1, 0.15) is 0 Å². The van der Waals surface area contributed by atoms with Gasteiger partial charge in [0, 0.05) is 39.9 Å². The van der Waals surface area contributed by atoms with Gasteiger partial charge in [-0.2, -0.15) is 17.0 Å². The Labute approximate surface area is 141 Å². The molecule has 0 N–H and O–H groups in total. The third kappa shape index (κ3) is 4.05. The molecule has 0 saturated carbocycles. The van der Waals surface area contributed by atoms with Crippen LogP contribution in [0.2, 0.25) is 0 Å². The molecule has 1 aliphatic heterocycles. The van der Waals surface area contributed by atoms with Crippen LogP contribution < -0.4 is 4.90 Å². The van der Waals surface area contributed by atoms with E-state index in [9.17, 15) is 8.42 Å². The second-order valence-electron chi connectivity index (χ2n) is 6.44. The van der Waals surface area contributed by atoms with E-state index in [1.165, 1.54) is 4.31 Å². The van der Waals surface area contributed by atoms with Gasteiger partial charge in [0.05, 0.1) is 6.04 Å². The van der Waals surface area contributed by atoms with Gasteiger partial charge >= 0.3 is 0 Å². The minimum atomic E-state index is -3.39. The minimum Gasteiger partial charge on any atom is -0.378 e. The molecule has 1 aromatic rings. The van der Waals surface area contributed by atoms with Gasteiger partial charge < -0.3 is 4.90 Å². The monoisotopic (exact) mass is 339 g/mol. The summed E-state index contributed by atoms with van der Waals surface area (Å²) < 4.78 is 28.9. The van der Waals surface area contributed by atoms with Crippen LogP contribution in [0.1, 0.15) is 44.2 Å². The van der Waals surface area contributed by atoms with E-state index in [-0.39, 0.29) is 6.04 Å². The molecule has 1 heterocycles. The first-order chi connectivity index (χ1) is 10.9. The van der Waals surface area contributed by atoms with E-state index in [2.05, 4.69) is 13.0 Å². The number of unbranched alkanes of at least 4 members (excludes halogenated alkanes) is 1. The van der Waals surface area contributed by atoms with Crippen LogP contribution in [0.4, 0.5) is 5.69 Å². The fraction of sp³-hybridized carbons (Fsp3) is 0.647. The van der Waals surface area contributed by atoms with Gasteiger partial charge in [0.25, 0.3) is 10.2 Å². The van der Waals surface area contributed by atoms with Crippen molar-refractivity contribution in [1.82, 2.24) is 8.61 Å². The highest BCUT2D eigenvalue weighted by Crippen LogP contribution is 2.36. The molecule has 0 bridgehead atoms. The lowest BCUT2D eigenvalue weighted by Gasteiger charge is -2.29. The average Bonchev–Trinajstić information content (AvgIpc) is 3.03. The molecule has 2 rings (SSSR count). The van der Waals surface area contributed by atoms with Crippen LogP contribution in [0.3, 0.4) is 0 Å². The van der Waals surface area contributed by atoms with Crippen LogP contribution in [-0.4, -0.2) is 51.3 Å². The Morgan fingerprint density at radius 3 is 2.65 bits per heavy atom. The molecule has 1 atom stereocenters. The highest BCUT2D eigenvalue weighted by molar-refractivity contribution is 7.86. The zero-order valence-corrected chi connectivity index (χ0v) is 15.5. The van der Waals surface area contributed by atoms with E-state index >= 15 is 0 Å². The molecule has 6 heteroatoms. The van der Waals surface area contributed by atoms with E-state index in [0.717, 1.165) is 36.9 Å². The second kappa shape index (κ2) is 7.64. The average molecular weight is 340 g/mol. The number of anilines is 1. The van der Waals surface area contributed by atoms with Crippen molar-refractivity contribution >= 4 is 15.9 Å². The largest absolute Gasteiger partial charge is 0.378 e. The fourth-order valence-electron chi connectivity index (χ4n) is 3.03. The van der Waals surface area contributed by atoms with E-state index < -0.39 is 10.2 Å². The Balaban J connectivity index is 2.24. The summed E-state index contributed by atoms with van der Waals surface area (Å²) in [6, 6.07) is 8.14. The molecule has 0 aromatic heterocycles. The maximum absolute atomic E-state index is 12.9. The lowest BCUT2D eigenvalue weighted by molar-refractivity contribution is 0.345. The van der Waals surface area contributed by atoms with Crippen LogP contribution in [0, 0.1) is 0 Å². The molecule has 1 aromatic carbocycles. The van der Waals surface area contributed by atoms with Gasteiger partial charge in [-0.3, -0.25) is 0 Å². The Kier molecular flexibility index (Phi) is 6.06. The molecule has 0 radical (unpaired) electrons. The van der Waals surface area contributed by atoms with Crippen molar-refractivity contribution in [3.63, 3.8) is 0 Å². The number of benzene rings is 1. The van der Waals surface area contributed by atoms with E-state index in [1.54, 1.807) is 11.4 Å². The topological polar surface area (TPSA) is 43.9 Å². The van der Waals surface area contributed by atoms with E-state index in [1.807, 2.05) is 37.2 Å². The Morgan fingerprint density at radius 1 is 1.26 bits per heavy atom. The van der Waals surface area contributed by atoms with Gasteiger partial charge in [-0.15, -0.1) is 0 Å². The standard InChI is InChI=1S/C17H29N3O2S/c1-5-6-12-19(4)23(21,22)20-13-8-11-17(20)15-9-7-10-16(14-15)18(2)3/h7,9-10,14,17H,5-6,8,11-13H2,1-4H3. The zero-order valence-electron chi connectivity index (χ0n) is 14.7. The molecule has 1 saturated heterocycles. The number of hydrogen-bond donors (Lipinski definition) is 0. The van der Waals surface area contributed by atoms with Gasteiger partial charge in [-0.25, -0.2) is 0 Å². The summed E-state index contributed by atoms with van der Waals surface area (Å²) >= 11 is 0. The van der Waals surface area contributed by atoms with Gasteiger partial charge in [0.2, 0.25) is 0 Å². The highest BCUT2D eigenvalue weighted by atomic mass is 32.2. The molecule has 0 aliphatic carbocycles. The third-order valence-corrected chi connectivity index (χ3v) is 6.49. The first-order valence-electron chi connectivity index (χ1n) is 8.38. The smallest absolute Gasteiger partial charge is 0.282 e. The van der Waals surface area contributed by atoms with Crippen LogP contribution in [0.15, 0.2) is 24.3 Å². The molecule has 23 heavy (non-hydrogen) atoms. The molecule has 0 amide bonds. The molecule has 5 nitrogen and oxygen atoms in total. The summed E-state index contributed by atoms with van der Waals surface area (Å²) in [5.41, 5.74) is 2.19. The first-order valence-corrected chi connectivity index (χ1v) is 9.78. The van der Waals surface area contributed by atoms with E-state index in [0.29, 0.717) is 13.1 Å². The second-order valence-corrected chi connectivity index (χ2v) is 8.43. The van der Waals surface area contributed by atoms with Crippen molar-refractivity contribution < 1.29 is 8.42 Å². The molecule has 1 fully saturated rings. The van der Waals surface area contributed by atoms with Gasteiger partial charge in [0.15, 0.2) is 0 Å². The molecule has 1 unspecified atom stereocenters. The van der Waals surface area contributed by atoms with Crippen molar-refractivity contribution in [2.24, 2.45) is 0 Å². The zero-order chi connectivity index (χ0) is 17.0. The van der Waals surface area contributed by atoms with Crippen LogP contribution in [-0.2, 0) is 10.2 Å². The Hall–Kier alpha value is -1.11. The highest BCUT2D eigenvalue weighted by Gasteiger charge is 2.37. The van der Waals surface area contributed by atoms with Crippen LogP contribution >= 0.6 is 0 Å². The number of nitrogens with zero attached hydrogens (tertiary/aromatic N) is 3. The quantitative estimate of drug-likeness (QED) is 0.767. The van der Waals surface area contributed by atoms with Crippen molar-refractivity contribution in [2.45, 2.75) is 38.6 Å². The fourth-order valence-corrected chi connectivity index (χ4v) is 4.66. The summed E-state index contributed by atoms with van der Waals surface area (Å²) in [6.07, 6.45) is 3.69. The molecule has 1 aliphatic rings. The summed E-state index contributed by atoms with van der Waals surface area (Å²) in [7, 11) is 2.30. The van der Waals surface area contributed by atoms with Crippen molar-refractivity contribution in [3.05, 3.63) is 29.8 Å². The lowest BCUT2D eigenvalue weighted by atomic mass is 10.0. The van der Waals surface area contributed by atoms with Gasteiger partial charge in [-0.1, -0.05) is 25.5 Å². The summed E-state index contributed by atoms with van der Waals surface area (Å²) in [5, 5.41) is 0. The van der Waals surface area contributed by atoms with Crippen molar-refractivity contribution in [1.29, 1.82) is 0 Å². The maximum atomic E-state index is 12.9. The Morgan fingerprint density at radius 2 is 2.00 bits per heavy atom. The normalized spacial score (nSPS) is 19.4. The predicted molar refractivity (Wildman–Crippen MR) is 95.9 cm³/mol. The molecular formula is C17H29N3O2S. The summed E-state index contributed by atoms with van der Waals surface area (Å²) in [5.74, 6) is 0. The SMILES string of the molecule is CCCCN(C)S(=O)(=O)N1CCCC1c1cccc(N(C)C)c1. The summed E-state index contributed by atoms with van der Waals surface area (Å²) in [4.78, 5) is 2.05.